The maximum absolute atomic E-state index is 8.27. The summed E-state index contributed by atoms with van der Waals surface area (Å²) < 4.78 is 47.3. The van der Waals surface area contributed by atoms with Crippen LogP contribution in [-0.2, 0) is 6.37 Å². The molecular formula is C20H20N2. The number of hydrogen-bond acceptors (Lipinski definition) is 2. The second-order valence-electron chi connectivity index (χ2n) is 4.96. The Morgan fingerprint density at radius 1 is 1.00 bits per heavy atom. The number of rotatable bonds is 4. The van der Waals surface area contributed by atoms with Crippen LogP contribution in [0.15, 0.2) is 66.9 Å². The summed E-state index contributed by atoms with van der Waals surface area (Å²) in [5.41, 5.74) is 2.84. The van der Waals surface area contributed by atoms with Gasteiger partial charge in [0.05, 0.1) is 11.4 Å². The molecule has 0 aliphatic heterocycles. The fraction of sp³-hybridized carbons (Fsp3) is 0.200. The zero-order valence-corrected chi connectivity index (χ0v) is 12.2. The third-order valence-electron chi connectivity index (χ3n) is 3.19. The number of aromatic nitrogens is 2. The van der Waals surface area contributed by atoms with Crippen LogP contribution in [0.5, 0.6) is 0 Å². The molecule has 0 saturated heterocycles. The predicted octanol–water partition coefficient (Wildman–Crippen LogP) is 5.01. The molecule has 2 heteroatoms. The molecule has 2 heterocycles. The molecule has 22 heavy (non-hydrogen) atoms. The quantitative estimate of drug-likeness (QED) is 0.676. The molecule has 0 spiro atoms. The number of pyridine rings is 2. The molecular weight excluding hydrogens is 268 g/mol. The van der Waals surface area contributed by atoms with E-state index in [-0.39, 0.29) is 5.69 Å². The van der Waals surface area contributed by atoms with Crippen molar-refractivity contribution in [3.8, 4) is 22.5 Å². The van der Waals surface area contributed by atoms with Crippen molar-refractivity contribution in [2.45, 2.75) is 20.1 Å². The molecule has 0 N–H and O–H groups in total. The van der Waals surface area contributed by atoms with Gasteiger partial charge in [-0.15, -0.1) is 0 Å². The van der Waals surface area contributed by atoms with Crippen molar-refractivity contribution in [2.24, 2.45) is 5.89 Å². The van der Waals surface area contributed by atoms with Crippen LogP contribution >= 0.6 is 0 Å². The maximum Gasteiger partial charge on any atom is 0.0720 e. The van der Waals surface area contributed by atoms with E-state index in [9.17, 15) is 0 Å². The average Bonchev–Trinajstić information content (AvgIpc) is 2.68. The zero-order chi connectivity index (χ0) is 20.6. The molecule has 0 amide bonds. The molecule has 0 aliphatic carbocycles. The highest BCUT2D eigenvalue weighted by atomic mass is 14.7. The lowest BCUT2D eigenvalue weighted by atomic mass is 10.1. The minimum absolute atomic E-state index is 0.0919. The Balaban J connectivity index is 1.96. The van der Waals surface area contributed by atoms with Gasteiger partial charge < -0.3 is 0 Å². The molecule has 2 aromatic heterocycles. The zero-order valence-electron chi connectivity index (χ0n) is 18.2. The normalized spacial score (nSPS) is 18.8. The molecule has 0 aliphatic rings. The highest BCUT2D eigenvalue weighted by Gasteiger charge is 2.05. The second-order valence-corrected chi connectivity index (χ2v) is 4.96. The number of hydrogen-bond donors (Lipinski definition) is 0. The summed E-state index contributed by atoms with van der Waals surface area (Å²) in [7, 11) is 0. The minimum Gasteiger partial charge on any atom is -0.256 e. The van der Waals surface area contributed by atoms with Crippen molar-refractivity contribution >= 4 is 0 Å². The summed E-state index contributed by atoms with van der Waals surface area (Å²) in [5, 5.41) is 0. The van der Waals surface area contributed by atoms with Crippen molar-refractivity contribution in [3.63, 3.8) is 0 Å². The largest absolute Gasteiger partial charge is 0.256 e. The first-order valence-electron chi connectivity index (χ1n) is 10.0. The highest BCUT2D eigenvalue weighted by molar-refractivity contribution is 5.64. The highest BCUT2D eigenvalue weighted by Crippen LogP contribution is 2.21. The summed E-state index contributed by atoms with van der Waals surface area (Å²) in [6.45, 7) is -1.72. The van der Waals surface area contributed by atoms with E-state index >= 15 is 0 Å². The van der Waals surface area contributed by atoms with Gasteiger partial charge in [0, 0.05) is 31.2 Å². The molecule has 0 radical (unpaired) electrons. The number of benzene rings is 1. The van der Waals surface area contributed by atoms with Gasteiger partial charge in [-0.2, -0.15) is 0 Å². The summed E-state index contributed by atoms with van der Waals surface area (Å²) in [6.07, 6.45) is -0.820. The lowest BCUT2D eigenvalue weighted by Gasteiger charge is -2.07. The summed E-state index contributed by atoms with van der Waals surface area (Å²) in [6, 6.07) is 18.1. The smallest absolute Gasteiger partial charge is 0.0720 e. The molecule has 1 unspecified atom stereocenters. The predicted molar refractivity (Wildman–Crippen MR) is 91.4 cm³/mol. The first-order valence-corrected chi connectivity index (χ1v) is 7.03. The SMILES string of the molecule is [2H]C([2H])([2H])C([2H])(C)C([2H])([2H])c1cccc(-c2ccc(-c3ccccc3)nc2)n1. The Morgan fingerprint density at radius 3 is 2.59 bits per heavy atom. The van der Waals surface area contributed by atoms with E-state index in [1.165, 1.54) is 6.07 Å². The van der Waals surface area contributed by atoms with Crippen molar-refractivity contribution in [2.75, 3.05) is 0 Å². The molecule has 1 atom stereocenters. The van der Waals surface area contributed by atoms with Crippen LogP contribution < -0.4 is 0 Å². The second kappa shape index (κ2) is 6.52. The Kier molecular flexibility index (Phi) is 2.62. The number of nitrogens with zero attached hydrogens (tertiary/aromatic N) is 2. The molecule has 0 bridgehead atoms. The molecule has 0 fully saturated rings. The third kappa shape index (κ3) is 3.40. The Labute approximate surface area is 140 Å². The molecule has 0 saturated carbocycles. The topological polar surface area (TPSA) is 25.8 Å². The van der Waals surface area contributed by atoms with E-state index in [0.717, 1.165) is 18.2 Å². The lowest BCUT2D eigenvalue weighted by molar-refractivity contribution is 0.636. The van der Waals surface area contributed by atoms with Gasteiger partial charge in [0.1, 0.15) is 0 Å². The van der Waals surface area contributed by atoms with Gasteiger partial charge in [0.15, 0.2) is 0 Å². The van der Waals surface area contributed by atoms with E-state index in [1.807, 2.05) is 42.5 Å². The standard InChI is InChI=1S/C20H20N2/c1-15(2)13-18-9-6-10-20(22-18)17-11-12-19(21-14-17)16-7-4-3-5-8-16/h3-12,14-15H,13H2,1-2H3/i1D3,13D2,15D. The first-order chi connectivity index (χ1) is 13.0. The van der Waals surface area contributed by atoms with Gasteiger partial charge in [-0.25, -0.2) is 0 Å². The van der Waals surface area contributed by atoms with Crippen LogP contribution in [0.25, 0.3) is 22.5 Å². The van der Waals surface area contributed by atoms with Crippen molar-refractivity contribution in [1.82, 2.24) is 9.97 Å². The van der Waals surface area contributed by atoms with Crippen LogP contribution in [0, 0.1) is 5.89 Å². The van der Waals surface area contributed by atoms with Gasteiger partial charge in [-0.1, -0.05) is 50.2 Å². The monoisotopic (exact) mass is 294 g/mol. The van der Waals surface area contributed by atoms with Crippen LogP contribution in [-0.4, -0.2) is 9.97 Å². The van der Waals surface area contributed by atoms with Crippen LogP contribution in [0.1, 0.15) is 27.7 Å². The molecule has 3 aromatic rings. The molecule has 110 valence electrons. The fourth-order valence-electron chi connectivity index (χ4n) is 2.18. The minimum atomic E-state index is -2.80. The van der Waals surface area contributed by atoms with E-state index in [4.69, 9.17) is 8.22 Å². The average molecular weight is 294 g/mol. The van der Waals surface area contributed by atoms with Crippen LogP contribution in [0.3, 0.4) is 0 Å². The van der Waals surface area contributed by atoms with Gasteiger partial charge in [-0.3, -0.25) is 9.97 Å². The van der Waals surface area contributed by atoms with Crippen LogP contribution in [0.2, 0.25) is 0 Å². The van der Waals surface area contributed by atoms with Gasteiger partial charge in [-0.05, 0) is 36.5 Å². The van der Waals surface area contributed by atoms with Crippen molar-refractivity contribution < 1.29 is 8.22 Å². The van der Waals surface area contributed by atoms with E-state index < -0.39 is 19.1 Å². The van der Waals surface area contributed by atoms with E-state index in [1.54, 1.807) is 18.3 Å². The summed E-state index contributed by atoms with van der Waals surface area (Å²) >= 11 is 0. The van der Waals surface area contributed by atoms with Gasteiger partial charge in [0.2, 0.25) is 0 Å². The first kappa shape index (κ1) is 8.84. The molecule has 1 aromatic carbocycles. The summed E-state index contributed by atoms with van der Waals surface area (Å²) in [4.78, 5) is 8.76. The summed E-state index contributed by atoms with van der Waals surface area (Å²) in [5.74, 6) is -2.35. The lowest BCUT2D eigenvalue weighted by Crippen LogP contribution is -1.98. The Morgan fingerprint density at radius 2 is 1.86 bits per heavy atom. The Bertz CT molecular complexity index is 950. The van der Waals surface area contributed by atoms with E-state index in [0.29, 0.717) is 11.3 Å². The van der Waals surface area contributed by atoms with Crippen molar-refractivity contribution in [3.05, 3.63) is 72.6 Å². The third-order valence-corrected chi connectivity index (χ3v) is 3.19. The van der Waals surface area contributed by atoms with Gasteiger partial charge >= 0.3 is 0 Å². The van der Waals surface area contributed by atoms with Crippen molar-refractivity contribution in [1.29, 1.82) is 0 Å². The fourth-order valence-corrected chi connectivity index (χ4v) is 2.18. The van der Waals surface area contributed by atoms with Crippen LogP contribution in [0.4, 0.5) is 0 Å². The maximum atomic E-state index is 8.27. The molecule has 2 nitrogen and oxygen atoms in total. The van der Waals surface area contributed by atoms with Gasteiger partial charge in [0.25, 0.3) is 0 Å². The molecule has 3 rings (SSSR count). The van der Waals surface area contributed by atoms with E-state index in [2.05, 4.69) is 9.97 Å². The Hall–Kier alpha value is -2.48.